The van der Waals surface area contributed by atoms with Gasteiger partial charge in [-0.2, -0.15) is 0 Å². The molecule has 0 aliphatic carbocycles. The lowest BCUT2D eigenvalue weighted by atomic mass is 10.2. The first-order valence-corrected chi connectivity index (χ1v) is 6.24. The SMILES string of the molecule is CCCOc1cccnc1NCC(C)CNC. The molecule has 1 aromatic heterocycles. The first-order chi connectivity index (χ1) is 8.27. The molecule has 0 saturated heterocycles. The maximum Gasteiger partial charge on any atom is 0.168 e. The molecule has 1 heterocycles. The predicted molar refractivity (Wildman–Crippen MR) is 71.6 cm³/mol. The highest BCUT2D eigenvalue weighted by Gasteiger charge is 2.06. The molecule has 0 radical (unpaired) electrons. The van der Waals surface area contributed by atoms with Crippen LogP contribution in [0.25, 0.3) is 0 Å². The highest BCUT2D eigenvalue weighted by atomic mass is 16.5. The molecule has 96 valence electrons. The Hall–Kier alpha value is -1.29. The third-order valence-electron chi connectivity index (χ3n) is 2.40. The van der Waals surface area contributed by atoms with Crippen LogP contribution in [0.2, 0.25) is 0 Å². The lowest BCUT2D eigenvalue weighted by molar-refractivity contribution is 0.317. The predicted octanol–water partition coefficient (Wildman–Crippen LogP) is 2.14. The minimum Gasteiger partial charge on any atom is -0.490 e. The van der Waals surface area contributed by atoms with Crippen molar-refractivity contribution in [3.63, 3.8) is 0 Å². The highest BCUT2D eigenvalue weighted by molar-refractivity contribution is 5.49. The largest absolute Gasteiger partial charge is 0.490 e. The summed E-state index contributed by atoms with van der Waals surface area (Å²) in [4.78, 5) is 4.31. The summed E-state index contributed by atoms with van der Waals surface area (Å²) in [5, 5.41) is 6.49. The van der Waals surface area contributed by atoms with E-state index in [9.17, 15) is 0 Å². The van der Waals surface area contributed by atoms with Crippen molar-refractivity contribution in [3.05, 3.63) is 18.3 Å². The zero-order valence-electron chi connectivity index (χ0n) is 11.0. The fourth-order valence-electron chi connectivity index (χ4n) is 1.54. The van der Waals surface area contributed by atoms with Crippen LogP contribution in [0.4, 0.5) is 5.82 Å². The van der Waals surface area contributed by atoms with Gasteiger partial charge < -0.3 is 15.4 Å². The van der Waals surface area contributed by atoms with Crippen LogP contribution in [0.15, 0.2) is 18.3 Å². The van der Waals surface area contributed by atoms with Crippen LogP contribution >= 0.6 is 0 Å². The molecular weight excluding hydrogens is 214 g/mol. The Morgan fingerprint density at radius 2 is 2.24 bits per heavy atom. The summed E-state index contributed by atoms with van der Waals surface area (Å²) in [5.74, 6) is 2.23. The van der Waals surface area contributed by atoms with E-state index in [1.807, 2.05) is 19.2 Å². The molecule has 1 unspecified atom stereocenters. The molecule has 0 saturated carbocycles. The number of ether oxygens (including phenoxy) is 1. The van der Waals surface area contributed by atoms with E-state index in [2.05, 4.69) is 29.5 Å². The van der Waals surface area contributed by atoms with Gasteiger partial charge in [0, 0.05) is 12.7 Å². The van der Waals surface area contributed by atoms with E-state index in [-0.39, 0.29) is 0 Å². The molecular formula is C13H23N3O. The third kappa shape index (κ3) is 5.04. The summed E-state index contributed by atoms with van der Waals surface area (Å²) in [7, 11) is 1.97. The molecule has 1 rings (SSSR count). The molecule has 0 spiro atoms. The van der Waals surface area contributed by atoms with Crippen molar-refractivity contribution in [2.24, 2.45) is 5.92 Å². The van der Waals surface area contributed by atoms with Crippen LogP contribution in [0.5, 0.6) is 5.75 Å². The number of hydrogen-bond donors (Lipinski definition) is 2. The van der Waals surface area contributed by atoms with Crippen LogP contribution in [0, 0.1) is 5.92 Å². The Kier molecular flexibility index (Phi) is 6.40. The Morgan fingerprint density at radius 3 is 2.94 bits per heavy atom. The number of pyridine rings is 1. The van der Waals surface area contributed by atoms with E-state index >= 15 is 0 Å². The van der Waals surface area contributed by atoms with Gasteiger partial charge in [-0.3, -0.25) is 0 Å². The van der Waals surface area contributed by atoms with E-state index in [1.54, 1.807) is 6.20 Å². The van der Waals surface area contributed by atoms with Crippen molar-refractivity contribution < 1.29 is 4.74 Å². The molecule has 4 heteroatoms. The van der Waals surface area contributed by atoms with Crippen molar-refractivity contribution in [3.8, 4) is 5.75 Å². The Balaban J connectivity index is 2.51. The molecule has 1 atom stereocenters. The molecule has 0 aromatic carbocycles. The minimum atomic E-state index is 0.557. The summed E-state index contributed by atoms with van der Waals surface area (Å²) in [5.41, 5.74) is 0. The lowest BCUT2D eigenvalue weighted by Crippen LogP contribution is -2.23. The maximum absolute atomic E-state index is 5.64. The van der Waals surface area contributed by atoms with E-state index in [4.69, 9.17) is 4.74 Å². The van der Waals surface area contributed by atoms with Crippen LogP contribution < -0.4 is 15.4 Å². The molecule has 0 bridgehead atoms. The monoisotopic (exact) mass is 237 g/mol. The zero-order valence-corrected chi connectivity index (χ0v) is 11.0. The summed E-state index contributed by atoms with van der Waals surface area (Å²) in [6, 6.07) is 3.85. The summed E-state index contributed by atoms with van der Waals surface area (Å²) in [6.45, 7) is 6.90. The standard InChI is InChI=1S/C13H23N3O/c1-4-8-17-12-6-5-7-15-13(12)16-10-11(2)9-14-3/h5-7,11,14H,4,8-10H2,1-3H3,(H,15,16). The Labute approximate surface area is 104 Å². The van der Waals surface area contributed by atoms with Gasteiger partial charge >= 0.3 is 0 Å². The number of aromatic nitrogens is 1. The van der Waals surface area contributed by atoms with Gasteiger partial charge in [-0.1, -0.05) is 13.8 Å². The lowest BCUT2D eigenvalue weighted by Gasteiger charge is -2.15. The zero-order chi connectivity index (χ0) is 12.5. The minimum absolute atomic E-state index is 0.557. The number of nitrogens with zero attached hydrogens (tertiary/aromatic N) is 1. The number of anilines is 1. The second kappa shape index (κ2) is 7.90. The van der Waals surface area contributed by atoms with E-state index < -0.39 is 0 Å². The van der Waals surface area contributed by atoms with Crippen molar-refractivity contribution in [1.82, 2.24) is 10.3 Å². The van der Waals surface area contributed by atoms with Crippen molar-refractivity contribution in [2.45, 2.75) is 20.3 Å². The first-order valence-electron chi connectivity index (χ1n) is 6.24. The van der Waals surface area contributed by atoms with Crippen LogP contribution in [-0.4, -0.2) is 31.7 Å². The summed E-state index contributed by atoms with van der Waals surface area (Å²) in [6.07, 6.45) is 2.79. The van der Waals surface area contributed by atoms with E-state index in [0.29, 0.717) is 5.92 Å². The molecule has 0 amide bonds. The van der Waals surface area contributed by atoms with Crippen LogP contribution in [-0.2, 0) is 0 Å². The second-order valence-corrected chi connectivity index (χ2v) is 4.24. The molecule has 2 N–H and O–H groups in total. The maximum atomic E-state index is 5.64. The van der Waals surface area contributed by atoms with Gasteiger partial charge in [0.2, 0.25) is 0 Å². The average molecular weight is 237 g/mol. The molecule has 0 aliphatic heterocycles. The van der Waals surface area contributed by atoms with Gasteiger partial charge in [-0.05, 0) is 38.1 Å². The van der Waals surface area contributed by atoms with Gasteiger partial charge in [0.05, 0.1) is 6.61 Å². The molecule has 0 aliphatic rings. The molecule has 4 nitrogen and oxygen atoms in total. The van der Waals surface area contributed by atoms with Gasteiger partial charge in [0.1, 0.15) is 0 Å². The van der Waals surface area contributed by atoms with Crippen molar-refractivity contribution in [1.29, 1.82) is 0 Å². The summed E-state index contributed by atoms with van der Waals surface area (Å²) >= 11 is 0. The fraction of sp³-hybridized carbons (Fsp3) is 0.615. The number of nitrogens with one attached hydrogen (secondary N) is 2. The van der Waals surface area contributed by atoms with Crippen LogP contribution in [0.1, 0.15) is 20.3 Å². The first kappa shape index (κ1) is 13.8. The van der Waals surface area contributed by atoms with Crippen molar-refractivity contribution >= 4 is 5.82 Å². The van der Waals surface area contributed by atoms with E-state index in [0.717, 1.165) is 37.7 Å². The summed E-state index contributed by atoms with van der Waals surface area (Å²) < 4.78 is 5.64. The van der Waals surface area contributed by atoms with E-state index in [1.165, 1.54) is 0 Å². The highest BCUT2D eigenvalue weighted by Crippen LogP contribution is 2.21. The smallest absolute Gasteiger partial charge is 0.168 e. The topological polar surface area (TPSA) is 46.2 Å². The van der Waals surface area contributed by atoms with Gasteiger partial charge in [0.25, 0.3) is 0 Å². The third-order valence-corrected chi connectivity index (χ3v) is 2.40. The van der Waals surface area contributed by atoms with Crippen molar-refractivity contribution in [2.75, 3.05) is 32.1 Å². The number of hydrogen-bond acceptors (Lipinski definition) is 4. The molecule has 0 fully saturated rings. The fourth-order valence-corrected chi connectivity index (χ4v) is 1.54. The Bertz CT molecular complexity index is 317. The molecule has 1 aromatic rings. The quantitative estimate of drug-likeness (QED) is 0.727. The van der Waals surface area contributed by atoms with Gasteiger partial charge in [-0.15, -0.1) is 0 Å². The number of rotatable bonds is 8. The van der Waals surface area contributed by atoms with Gasteiger partial charge in [0.15, 0.2) is 11.6 Å². The normalized spacial score (nSPS) is 12.2. The second-order valence-electron chi connectivity index (χ2n) is 4.24. The van der Waals surface area contributed by atoms with Gasteiger partial charge in [-0.25, -0.2) is 4.98 Å². The molecule has 17 heavy (non-hydrogen) atoms. The van der Waals surface area contributed by atoms with Crippen LogP contribution in [0.3, 0.4) is 0 Å². The average Bonchev–Trinajstić information content (AvgIpc) is 2.35. The Morgan fingerprint density at radius 1 is 1.41 bits per heavy atom.